The molecule has 0 saturated heterocycles. The molecule has 0 aliphatic heterocycles. The van der Waals surface area contributed by atoms with Gasteiger partial charge in [-0.2, -0.15) is 0 Å². The van der Waals surface area contributed by atoms with Gasteiger partial charge in [-0.25, -0.2) is 0 Å². The standard InChI is InChI=1S/C8H11O/c1-3-4-8-7(2)5-6-9-8/h5-6H,1,3-4H2,2H3. The van der Waals surface area contributed by atoms with Crippen LogP contribution in [0.3, 0.4) is 0 Å². The summed E-state index contributed by atoms with van der Waals surface area (Å²) in [6.45, 7) is 5.79. The van der Waals surface area contributed by atoms with Crippen molar-refractivity contribution in [2.24, 2.45) is 0 Å². The second-order valence-corrected chi connectivity index (χ2v) is 2.13. The highest BCUT2D eigenvalue weighted by atomic mass is 16.3. The zero-order valence-corrected chi connectivity index (χ0v) is 5.68. The van der Waals surface area contributed by atoms with Crippen LogP contribution < -0.4 is 0 Å². The lowest BCUT2D eigenvalue weighted by molar-refractivity contribution is 0.507. The molecule has 0 unspecified atom stereocenters. The second-order valence-electron chi connectivity index (χ2n) is 2.13. The summed E-state index contributed by atoms with van der Waals surface area (Å²) in [7, 11) is 0. The Hall–Kier alpha value is -0.720. The summed E-state index contributed by atoms with van der Waals surface area (Å²) in [6, 6.07) is 1.98. The molecular formula is C8H11O. The van der Waals surface area contributed by atoms with Crippen molar-refractivity contribution in [3.05, 3.63) is 30.6 Å². The van der Waals surface area contributed by atoms with E-state index >= 15 is 0 Å². The Morgan fingerprint density at radius 3 is 2.89 bits per heavy atom. The van der Waals surface area contributed by atoms with Crippen LogP contribution in [0, 0.1) is 13.8 Å². The van der Waals surface area contributed by atoms with Crippen molar-refractivity contribution in [3.63, 3.8) is 0 Å². The summed E-state index contributed by atoms with van der Waals surface area (Å²) in [5, 5.41) is 0. The van der Waals surface area contributed by atoms with Crippen LogP contribution in [0.25, 0.3) is 0 Å². The van der Waals surface area contributed by atoms with Gasteiger partial charge in [-0.15, -0.1) is 0 Å². The van der Waals surface area contributed by atoms with E-state index in [0.717, 1.165) is 18.6 Å². The molecule has 1 radical (unpaired) electrons. The van der Waals surface area contributed by atoms with E-state index in [0.29, 0.717) is 0 Å². The lowest BCUT2D eigenvalue weighted by Gasteiger charge is -1.91. The van der Waals surface area contributed by atoms with Crippen molar-refractivity contribution in [3.8, 4) is 0 Å². The van der Waals surface area contributed by atoms with Gasteiger partial charge in [0, 0.05) is 6.42 Å². The van der Waals surface area contributed by atoms with Crippen molar-refractivity contribution in [1.82, 2.24) is 0 Å². The topological polar surface area (TPSA) is 13.1 Å². The molecule has 0 saturated carbocycles. The molecule has 0 bridgehead atoms. The predicted octanol–water partition coefficient (Wildman–Crippen LogP) is 2.35. The SMILES string of the molecule is [CH2]CCc1occc1C. The van der Waals surface area contributed by atoms with Gasteiger partial charge in [-0.05, 0) is 25.0 Å². The zero-order chi connectivity index (χ0) is 6.69. The maximum Gasteiger partial charge on any atom is 0.106 e. The summed E-state index contributed by atoms with van der Waals surface area (Å²) in [4.78, 5) is 0. The first-order chi connectivity index (χ1) is 4.34. The van der Waals surface area contributed by atoms with E-state index in [1.165, 1.54) is 5.56 Å². The highest BCUT2D eigenvalue weighted by Gasteiger charge is 1.97. The molecule has 1 nitrogen and oxygen atoms in total. The summed E-state index contributed by atoms with van der Waals surface area (Å²) in [5.74, 6) is 1.07. The fourth-order valence-corrected chi connectivity index (χ4v) is 0.821. The van der Waals surface area contributed by atoms with Crippen LogP contribution >= 0.6 is 0 Å². The van der Waals surface area contributed by atoms with Crippen LogP contribution in [0.2, 0.25) is 0 Å². The maximum absolute atomic E-state index is 5.16. The van der Waals surface area contributed by atoms with Crippen LogP contribution in [0.5, 0.6) is 0 Å². The summed E-state index contributed by atoms with van der Waals surface area (Å²) >= 11 is 0. The largest absolute Gasteiger partial charge is 0.469 e. The Morgan fingerprint density at radius 1 is 1.67 bits per heavy atom. The van der Waals surface area contributed by atoms with E-state index in [1.54, 1.807) is 6.26 Å². The third kappa shape index (κ3) is 1.35. The van der Waals surface area contributed by atoms with E-state index in [4.69, 9.17) is 4.42 Å². The van der Waals surface area contributed by atoms with Crippen LogP contribution in [0.4, 0.5) is 0 Å². The first-order valence-corrected chi connectivity index (χ1v) is 3.17. The van der Waals surface area contributed by atoms with Crippen LogP contribution in [-0.4, -0.2) is 0 Å². The minimum Gasteiger partial charge on any atom is -0.469 e. The molecule has 49 valence electrons. The average molecular weight is 123 g/mol. The molecular weight excluding hydrogens is 112 g/mol. The summed E-state index contributed by atoms with van der Waals surface area (Å²) in [6.07, 6.45) is 3.59. The molecule has 0 spiro atoms. The molecule has 0 aromatic carbocycles. The Balaban J connectivity index is 2.69. The third-order valence-corrected chi connectivity index (χ3v) is 1.37. The van der Waals surface area contributed by atoms with Gasteiger partial charge in [0.25, 0.3) is 0 Å². The van der Waals surface area contributed by atoms with Gasteiger partial charge in [-0.1, -0.05) is 6.92 Å². The van der Waals surface area contributed by atoms with E-state index in [2.05, 4.69) is 13.8 Å². The normalized spacial score (nSPS) is 10.0. The second kappa shape index (κ2) is 2.72. The Bertz CT molecular complexity index is 176. The Kier molecular flexibility index (Phi) is 1.93. The molecule has 0 N–H and O–H groups in total. The smallest absolute Gasteiger partial charge is 0.106 e. The van der Waals surface area contributed by atoms with Crippen LogP contribution in [-0.2, 0) is 6.42 Å². The average Bonchev–Trinajstić information content (AvgIpc) is 2.18. The number of furan rings is 1. The number of rotatable bonds is 2. The van der Waals surface area contributed by atoms with Crippen molar-refractivity contribution in [2.45, 2.75) is 19.8 Å². The summed E-state index contributed by atoms with van der Waals surface area (Å²) in [5.41, 5.74) is 1.23. The summed E-state index contributed by atoms with van der Waals surface area (Å²) < 4.78 is 5.16. The number of aryl methyl sites for hydroxylation is 2. The first-order valence-electron chi connectivity index (χ1n) is 3.17. The minimum absolute atomic E-state index is 0.911. The molecule has 1 aromatic heterocycles. The fraction of sp³-hybridized carbons (Fsp3) is 0.375. The monoisotopic (exact) mass is 123 g/mol. The van der Waals surface area contributed by atoms with Crippen molar-refractivity contribution in [2.75, 3.05) is 0 Å². The molecule has 0 amide bonds. The van der Waals surface area contributed by atoms with E-state index < -0.39 is 0 Å². The van der Waals surface area contributed by atoms with Gasteiger partial charge in [0.05, 0.1) is 6.26 Å². The van der Waals surface area contributed by atoms with E-state index in [1.807, 2.05) is 6.07 Å². The highest BCUT2D eigenvalue weighted by Crippen LogP contribution is 2.09. The zero-order valence-electron chi connectivity index (χ0n) is 5.68. The predicted molar refractivity (Wildman–Crippen MR) is 37.1 cm³/mol. The molecule has 1 heteroatoms. The van der Waals surface area contributed by atoms with E-state index in [9.17, 15) is 0 Å². The van der Waals surface area contributed by atoms with Crippen LogP contribution in [0.15, 0.2) is 16.7 Å². The Morgan fingerprint density at radius 2 is 2.44 bits per heavy atom. The van der Waals surface area contributed by atoms with Gasteiger partial charge >= 0.3 is 0 Å². The molecule has 1 aromatic rings. The number of hydrogen-bond acceptors (Lipinski definition) is 1. The molecule has 1 rings (SSSR count). The van der Waals surface area contributed by atoms with Crippen molar-refractivity contribution < 1.29 is 4.42 Å². The highest BCUT2D eigenvalue weighted by molar-refractivity contribution is 5.14. The number of hydrogen-bond donors (Lipinski definition) is 0. The lowest BCUT2D eigenvalue weighted by atomic mass is 10.2. The fourth-order valence-electron chi connectivity index (χ4n) is 0.821. The molecule has 9 heavy (non-hydrogen) atoms. The quantitative estimate of drug-likeness (QED) is 0.588. The third-order valence-electron chi connectivity index (χ3n) is 1.37. The molecule has 0 atom stereocenters. The molecule has 0 aliphatic rings. The first kappa shape index (κ1) is 6.40. The van der Waals surface area contributed by atoms with E-state index in [-0.39, 0.29) is 0 Å². The van der Waals surface area contributed by atoms with Gasteiger partial charge in [0.15, 0.2) is 0 Å². The van der Waals surface area contributed by atoms with Crippen molar-refractivity contribution >= 4 is 0 Å². The minimum atomic E-state index is 0.911. The lowest BCUT2D eigenvalue weighted by Crippen LogP contribution is -1.80. The van der Waals surface area contributed by atoms with Gasteiger partial charge in [0.1, 0.15) is 5.76 Å². The van der Waals surface area contributed by atoms with Gasteiger partial charge in [0.2, 0.25) is 0 Å². The molecule has 1 heterocycles. The Labute approximate surface area is 55.7 Å². The molecule has 0 aliphatic carbocycles. The van der Waals surface area contributed by atoms with Crippen molar-refractivity contribution in [1.29, 1.82) is 0 Å². The van der Waals surface area contributed by atoms with Gasteiger partial charge in [-0.3, -0.25) is 0 Å². The van der Waals surface area contributed by atoms with Gasteiger partial charge < -0.3 is 4.42 Å². The molecule has 0 fully saturated rings. The van der Waals surface area contributed by atoms with Crippen LogP contribution in [0.1, 0.15) is 17.7 Å². The maximum atomic E-state index is 5.16.